The monoisotopic (exact) mass is 366 g/mol. The molecule has 0 amide bonds. The van der Waals surface area contributed by atoms with Crippen molar-refractivity contribution >= 4 is 17.9 Å². The first kappa shape index (κ1) is 23.6. The van der Waals surface area contributed by atoms with E-state index in [0.717, 1.165) is 32.1 Å². The third-order valence-corrected chi connectivity index (χ3v) is 3.29. The van der Waals surface area contributed by atoms with Crippen molar-refractivity contribution in [3.8, 4) is 0 Å². The van der Waals surface area contributed by atoms with Gasteiger partial charge in [-0.05, 0) is 31.4 Å². The lowest BCUT2D eigenvalue weighted by Crippen LogP contribution is -2.14. The zero-order valence-corrected chi connectivity index (χ0v) is 16.0. The molecule has 0 fully saturated rings. The Balaban J connectivity index is 0.000000896. The summed E-state index contributed by atoms with van der Waals surface area (Å²) in [6.45, 7) is 6.62. The first-order valence-electron chi connectivity index (χ1n) is 9.12. The maximum Gasteiger partial charge on any atom is 0.339 e. The van der Waals surface area contributed by atoms with Crippen LogP contribution in [-0.4, -0.2) is 36.2 Å². The molecule has 0 aliphatic rings. The Hall–Kier alpha value is -2.37. The van der Waals surface area contributed by atoms with Gasteiger partial charge in [-0.3, -0.25) is 4.79 Å². The number of hydrogen-bond donors (Lipinski definition) is 1. The van der Waals surface area contributed by atoms with Gasteiger partial charge in [-0.1, -0.05) is 45.7 Å². The number of carboxylic acids is 1. The first-order chi connectivity index (χ1) is 12.5. The van der Waals surface area contributed by atoms with Crippen molar-refractivity contribution in [2.24, 2.45) is 0 Å². The van der Waals surface area contributed by atoms with E-state index in [1.165, 1.54) is 0 Å². The molecule has 0 aliphatic carbocycles. The number of esters is 2. The van der Waals surface area contributed by atoms with E-state index in [4.69, 9.17) is 14.6 Å². The second-order valence-corrected chi connectivity index (χ2v) is 5.67. The van der Waals surface area contributed by atoms with Gasteiger partial charge in [0.25, 0.3) is 0 Å². The number of rotatable bonds is 10. The summed E-state index contributed by atoms with van der Waals surface area (Å²) in [6, 6.07) is 6.59. The van der Waals surface area contributed by atoms with E-state index in [1.54, 1.807) is 24.3 Å². The zero-order chi connectivity index (χ0) is 19.8. The predicted octanol–water partition coefficient (Wildman–Crippen LogP) is 4.47. The minimum Gasteiger partial charge on any atom is -0.481 e. The van der Waals surface area contributed by atoms with Gasteiger partial charge in [0.05, 0.1) is 24.3 Å². The summed E-state index contributed by atoms with van der Waals surface area (Å²) in [5.74, 6) is -1.65. The maximum absolute atomic E-state index is 11.9. The molecular weight excluding hydrogens is 336 g/mol. The number of carbonyl (C=O) groups is 3. The fraction of sp³-hybridized carbons (Fsp3) is 0.550. The Morgan fingerprint density at radius 1 is 0.808 bits per heavy atom. The first-order valence-corrected chi connectivity index (χ1v) is 9.12. The van der Waals surface area contributed by atoms with Crippen molar-refractivity contribution in [2.75, 3.05) is 13.2 Å². The van der Waals surface area contributed by atoms with Gasteiger partial charge in [0.15, 0.2) is 0 Å². The van der Waals surface area contributed by atoms with Gasteiger partial charge in [0.1, 0.15) is 0 Å². The average molecular weight is 366 g/mol. The normalized spacial score (nSPS) is 9.65. The Bertz CT molecular complexity index is 512. The third-order valence-electron chi connectivity index (χ3n) is 3.29. The van der Waals surface area contributed by atoms with Crippen molar-refractivity contribution in [3.05, 3.63) is 35.4 Å². The van der Waals surface area contributed by atoms with E-state index in [2.05, 4.69) is 0 Å². The molecule has 0 aromatic heterocycles. The van der Waals surface area contributed by atoms with Crippen LogP contribution in [0, 0.1) is 0 Å². The Morgan fingerprint density at radius 2 is 1.23 bits per heavy atom. The van der Waals surface area contributed by atoms with Crippen molar-refractivity contribution in [3.63, 3.8) is 0 Å². The van der Waals surface area contributed by atoms with Crippen molar-refractivity contribution < 1.29 is 29.0 Å². The van der Waals surface area contributed by atoms with Gasteiger partial charge < -0.3 is 14.6 Å². The standard InChI is InChI=1S/C16H22O4.C4H8O2/c1-3-5-11-19-15(17)13-9-7-8-10-14(13)16(18)20-12-6-4-2;1-2-3-4(5)6/h7-10H,3-6,11-12H2,1-2H3;2-3H2,1H3,(H,5,6). The van der Waals surface area contributed by atoms with E-state index in [-0.39, 0.29) is 11.1 Å². The van der Waals surface area contributed by atoms with E-state index >= 15 is 0 Å². The van der Waals surface area contributed by atoms with Crippen LogP contribution in [0.5, 0.6) is 0 Å². The van der Waals surface area contributed by atoms with Gasteiger partial charge in [0, 0.05) is 6.42 Å². The fourth-order valence-corrected chi connectivity index (χ4v) is 1.83. The summed E-state index contributed by atoms with van der Waals surface area (Å²) in [4.78, 5) is 33.5. The number of carbonyl (C=O) groups excluding carboxylic acids is 2. The summed E-state index contributed by atoms with van der Waals surface area (Å²) in [7, 11) is 0. The molecule has 146 valence electrons. The number of benzene rings is 1. The number of unbranched alkanes of at least 4 members (excludes halogenated alkanes) is 2. The molecule has 1 aromatic carbocycles. The molecular formula is C20H30O6. The third kappa shape index (κ3) is 10.5. The van der Waals surface area contributed by atoms with E-state index in [9.17, 15) is 14.4 Å². The second-order valence-electron chi connectivity index (χ2n) is 5.67. The van der Waals surface area contributed by atoms with Crippen LogP contribution in [0.15, 0.2) is 24.3 Å². The van der Waals surface area contributed by atoms with Crippen LogP contribution in [0.25, 0.3) is 0 Å². The van der Waals surface area contributed by atoms with E-state index < -0.39 is 17.9 Å². The molecule has 0 bridgehead atoms. The van der Waals surface area contributed by atoms with Crippen molar-refractivity contribution in [1.82, 2.24) is 0 Å². The van der Waals surface area contributed by atoms with Crippen LogP contribution in [0.2, 0.25) is 0 Å². The summed E-state index contributed by atoms with van der Waals surface area (Å²) < 4.78 is 10.3. The molecule has 0 aliphatic heterocycles. The highest BCUT2D eigenvalue weighted by atomic mass is 16.5. The molecule has 6 nitrogen and oxygen atoms in total. The molecule has 0 atom stereocenters. The Morgan fingerprint density at radius 3 is 1.50 bits per heavy atom. The average Bonchev–Trinajstić information content (AvgIpc) is 2.62. The van der Waals surface area contributed by atoms with Gasteiger partial charge >= 0.3 is 17.9 Å². The summed E-state index contributed by atoms with van der Waals surface area (Å²) in [5, 5.41) is 7.91. The largest absolute Gasteiger partial charge is 0.481 e. The lowest BCUT2D eigenvalue weighted by molar-refractivity contribution is -0.137. The molecule has 0 unspecified atom stereocenters. The lowest BCUT2D eigenvalue weighted by Gasteiger charge is -2.09. The molecule has 6 heteroatoms. The molecule has 1 aromatic rings. The van der Waals surface area contributed by atoms with Crippen LogP contribution in [0.4, 0.5) is 0 Å². The SMILES string of the molecule is CCCC(=O)O.CCCCOC(=O)c1ccccc1C(=O)OCCCC. The molecule has 0 saturated carbocycles. The topological polar surface area (TPSA) is 89.9 Å². The fourth-order valence-electron chi connectivity index (χ4n) is 1.83. The minimum absolute atomic E-state index is 0.269. The highest BCUT2D eigenvalue weighted by molar-refractivity contribution is 6.03. The number of hydrogen-bond acceptors (Lipinski definition) is 5. The Labute approximate surface area is 155 Å². The van der Waals surface area contributed by atoms with Crippen LogP contribution >= 0.6 is 0 Å². The molecule has 1 N–H and O–H groups in total. The molecule has 1 rings (SSSR count). The van der Waals surface area contributed by atoms with Crippen molar-refractivity contribution in [2.45, 2.75) is 59.3 Å². The molecule has 0 heterocycles. The number of aliphatic carboxylic acids is 1. The van der Waals surface area contributed by atoms with Crippen LogP contribution < -0.4 is 0 Å². The van der Waals surface area contributed by atoms with E-state index in [1.807, 2.05) is 20.8 Å². The van der Waals surface area contributed by atoms with Gasteiger partial charge in [-0.2, -0.15) is 0 Å². The number of carboxylic acid groups (broad SMARTS) is 1. The van der Waals surface area contributed by atoms with Crippen LogP contribution in [-0.2, 0) is 14.3 Å². The van der Waals surface area contributed by atoms with Crippen molar-refractivity contribution in [1.29, 1.82) is 0 Å². The molecule has 26 heavy (non-hydrogen) atoms. The maximum atomic E-state index is 11.9. The smallest absolute Gasteiger partial charge is 0.339 e. The highest BCUT2D eigenvalue weighted by Crippen LogP contribution is 2.12. The van der Waals surface area contributed by atoms with Gasteiger partial charge in [-0.15, -0.1) is 0 Å². The quantitative estimate of drug-likeness (QED) is 0.485. The Kier molecular flexibility index (Phi) is 13.6. The highest BCUT2D eigenvalue weighted by Gasteiger charge is 2.18. The zero-order valence-electron chi connectivity index (χ0n) is 16.0. The van der Waals surface area contributed by atoms with E-state index in [0.29, 0.717) is 19.6 Å². The predicted molar refractivity (Wildman–Crippen MR) is 99.4 cm³/mol. The summed E-state index contributed by atoms with van der Waals surface area (Å²) >= 11 is 0. The van der Waals surface area contributed by atoms with Crippen LogP contribution in [0.3, 0.4) is 0 Å². The van der Waals surface area contributed by atoms with Gasteiger partial charge in [-0.25, -0.2) is 9.59 Å². The molecule has 0 radical (unpaired) electrons. The molecule has 0 saturated heterocycles. The van der Waals surface area contributed by atoms with Gasteiger partial charge in [0.2, 0.25) is 0 Å². The second kappa shape index (κ2) is 14.9. The molecule has 0 spiro atoms. The summed E-state index contributed by atoms with van der Waals surface area (Å²) in [5.41, 5.74) is 0.537. The summed E-state index contributed by atoms with van der Waals surface area (Å²) in [6.07, 6.45) is 4.56. The number of ether oxygens (including phenoxy) is 2. The van der Waals surface area contributed by atoms with Crippen LogP contribution in [0.1, 0.15) is 80.0 Å². The lowest BCUT2D eigenvalue weighted by atomic mass is 10.1. The minimum atomic E-state index is -0.711.